The molecule has 7 heteroatoms. The van der Waals surface area contributed by atoms with Crippen LogP contribution in [-0.4, -0.2) is 44.8 Å². The summed E-state index contributed by atoms with van der Waals surface area (Å²) in [6.45, 7) is 2.03. The first kappa shape index (κ1) is 18.6. The van der Waals surface area contributed by atoms with Crippen LogP contribution in [0.2, 0.25) is 0 Å². The molecule has 0 aliphatic carbocycles. The molecule has 1 saturated heterocycles. The number of rotatable bonds is 7. The quantitative estimate of drug-likeness (QED) is 0.623. The van der Waals surface area contributed by atoms with Crippen molar-refractivity contribution in [3.8, 4) is 0 Å². The molecule has 28 heavy (non-hydrogen) atoms. The number of hydrogen-bond donors (Lipinski definition) is 1. The Morgan fingerprint density at radius 3 is 2.61 bits per heavy atom. The summed E-state index contributed by atoms with van der Waals surface area (Å²) >= 11 is 5.66. The summed E-state index contributed by atoms with van der Waals surface area (Å²) in [5, 5.41) is 4.19. The molecule has 0 saturated carbocycles. The van der Waals surface area contributed by atoms with Crippen LogP contribution in [0.25, 0.3) is 0 Å². The fourth-order valence-corrected chi connectivity index (χ4v) is 4.00. The molecule has 1 aliphatic rings. The molecule has 3 aromatic rings. The van der Waals surface area contributed by atoms with Gasteiger partial charge in [0.05, 0.1) is 36.6 Å². The zero-order chi connectivity index (χ0) is 19.3. The largest absolute Gasteiger partial charge is 0.383 e. The zero-order valence-corrected chi connectivity index (χ0v) is 16.5. The van der Waals surface area contributed by atoms with Crippen molar-refractivity contribution in [3.63, 3.8) is 0 Å². The molecule has 1 fully saturated rings. The summed E-state index contributed by atoms with van der Waals surface area (Å²) in [6.07, 6.45) is 5.74. The predicted octanol–water partition coefficient (Wildman–Crippen LogP) is 2.95. The van der Waals surface area contributed by atoms with E-state index in [4.69, 9.17) is 17.0 Å². The third kappa shape index (κ3) is 3.76. The molecule has 0 aromatic carbocycles. The van der Waals surface area contributed by atoms with Gasteiger partial charge in [-0.3, -0.25) is 9.97 Å². The standard InChI is InChI=1S/C21H23N5OS/c1-27-14-13-26-20(19(24-21(26)28)17-8-3-5-11-23-17)18-9-6-12-25(18)15-16-7-2-4-10-22-16/h2-12,19-20H,13-15H2,1H3,(H,24,28). The number of hydrogen-bond acceptors (Lipinski definition) is 4. The fraction of sp³-hybridized carbons (Fsp3) is 0.286. The average Bonchev–Trinajstić information content (AvgIpc) is 3.31. The lowest BCUT2D eigenvalue weighted by molar-refractivity contribution is 0.162. The summed E-state index contributed by atoms with van der Waals surface area (Å²) in [5.41, 5.74) is 3.16. The van der Waals surface area contributed by atoms with Gasteiger partial charge < -0.3 is 19.5 Å². The molecule has 4 heterocycles. The molecular formula is C21H23N5OS. The van der Waals surface area contributed by atoms with Crippen LogP contribution < -0.4 is 5.32 Å². The van der Waals surface area contributed by atoms with E-state index in [2.05, 4.69) is 43.1 Å². The van der Waals surface area contributed by atoms with E-state index in [0.717, 1.165) is 16.5 Å². The molecule has 0 spiro atoms. The van der Waals surface area contributed by atoms with E-state index in [9.17, 15) is 0 Å². The van der Waals surface area contributed by atoms with E-state index >= 15 is 0 Å². The Morgan fingerprint density at radius 2 is 1.89 bits per heavy atom. The van der Waals surface area contributed by atoms with Crippen molar-refractivity contribution in [1.82, 2.24) is 24.8 Å². The minimum atomic E-state index is -0.0251. The Hall–Kier alpha value is -2.77. The van der Waals surface area contributed by atoms with E-state index in [-0.39, 0.29) is 12.1 Å². The number of nitrogens with zero attached hydrogens (tertiary/aromatic N) is 4. The second-order valence-electron chi connectivity index (χ2n) is 6.69. The number of pyridine rings is 2. The third-order valence-electron chi connectivity index (χ3n) is 4.96. The van der Waals surface area contributed by atoms with Gasteiger partial charge in [-0.15, -0.1) is 0 Å². The molecule has 6 nitrogen and oxygen atoms in total. The number of aromatic nitrogens is 3. The molecule has 1 N–H and O–H groups in total. The van der Waals surface area contributed by atoms with E-state index in [1.54, 1.807) is 7.11 Å². The van der Waals surface area contributed by atoms with Crippen LogP contribution >= 0.6 is 12.2 Å². The van der Waals surface area contributed by atoms with Gasteiger partial charge in [-0.25, -0.2) is 0 Å². The SMILES string of the molecule is COCCN1C(=S)NC(c2ccccn2)C1c1cccn1Cc1ccccn1. The zero-order valence-electron chi connectivity index (χ0n) is 15.7. The van der Waals surface area contributed by atoms with Crippen LogP contribution in [0.3, 0.4) is 0 Å². The van der Waals surface area contributed by atoms with Gasteiger partial charge in [-0.05, 0) is 48.6 Å². The first-order valence-corrected chi connectivity index (χ1v) is 9.70. The normalized spacial score (nSPS) is 19.0. The molecule has 2 atom stereocenters. The van der Waals surface area contributed by atoms with Crippen LogP contribution in [0.1, 0.15) is 29.2 Å². The first-order valence-electron chi connectivity index (χ1n) is 9.30. The van der Waals surface area contributed by atoms with Crippen LogP contribution in [0, 0.1) is 0 Å². The molecule has 2 unspecified atom stereocenters. The molecule has 0 radical (unpaired) electrons. The highest BCUT2D eigenvalue weighted by atomic mass is 32.1. The smallest absolute Gasteiger partial charge is 0.170 e. The van der Waals surface area contributed by atoms with Gasteiger partial charge in [0.15, 0.2) is 5.11 Å². The highest BCUT2D eigenvalue weighted by Gasteiger charge is 2.40. The molecule has 0 amide bonds. The number of ether oxygens (including phenoxy) is 1. The Morgan fingerprint density at radius 1 is 1.07 bits per heavy atom. The molecular weight excluding hydrogens is 370 g/mol. The number of nitrogens with one attached hydrogen (secondary N) is 1. The van der Waals surface area contributed by atoms with Crippen molar-refractivity contribution in [3.05, 3.63) is 84.2 Å². The maximum absolute atomic E-state index is 5.66. The molecule has 1 aliphatic heterocycles. The molecule has 3 aromatic heterocycles. The van der Waals surface area contributed by atoms with Crippen molar-refractivity contribution in [2.75, 3.05) is 20.3 Å². The monoisotopic (exact) mass is 393 g/mol. The third-order valence-corrected chi connectivity index (χ3v) is 5.31. The number of thiocarbonyl (C=S) groups is 1. The Kier molecular flexibility index (Phi) is 5.64. The maximum Gasteiger partial charge on any atom is 0.170 e. The Labute approximate surface area is 170 Å². The van der Waals surface area contributed by atoms with Gasteiger partial charge in [0.25, 0.3) is 0 Å². The lowest BCUT2D eigenvalue weighted by Gasteiger charge is -2.28. The Bertz CT molecular complexity index is 915. The summed E-state index contributed by atoms with van der Waals surface area (Å²) in [7, 11) is 1.71. The van der Waals surface area contributed by atoms with Gasteiger partial charge in [-0.1, -0.05) is 12.1 Å². The van der Waals surface area contributed by atoms with Gasteiger partial charge in [0, 0.05) is 37.9 Å². The van der Waals surface area contributed by atoms with E-state index in [1.165, 1.54) is 5.69 Å². The lowest BCUT2D eigenvalue weighted by Crippen LogP contribution is -2.33. The second-order valence-corrected chi connectivity index (χ2v) is 7.08. The molecule has 0 bridgehead atoms. The highest BCUT2D eigenvalue weighted by Crippen LogP contribution is 2.38. The van der Waals surface area contributed by atoms with Gasteiger partial charge in [0.2, 0.25) is 0 Å². The molecule has 4 rings (SSSR count). The minimum absolute atomic E-state index is 0.0243. The summed E-state index contributed by atoms with van der Waals surface area (Å²) < 4.78 is 7.56. The van der Waals surface area contributed by atoms with Crippen molar-refractivity contribution in [2.24, 2.45) is 0 Å². The van der Waals surface area contributed by atoms with E-state index in [0.29, 0.717) is 19.7 Å². The van der Waals surface area contributed by atoms with E-state index in [1.807, 2.05) is 48.8 Å². The van der Waals surface area contributed by atoms with Gasteiger partial charge in [-0.2, -0.15) is 0 Å². The number of methoxy groups -OCH3 is 1. The van der Waals surface area contributed by atoms with Crippen molar-refractivity contribution in [1.29, 1.82) is 0 Å². The summed E-state index contributed by atoms with van der Waals surface area (Å²) in [6, 6.07) is 16.2. The highest BCUT2D eigenvalue weighted by molar-refractivity contribution is 7.80. The van der Waals surface area contributed by atoms with Crippen LogP contribution in [0.4, 0.5) is 0 Å². The first-order chi connectivity index (χ1) is 13.8. The minimum Gasteiger partial charge on any atom is -0.383 e. The summed E-state index contributed by atoms with van der Waals surface area (Å²) in [4.78, 5) is 11.3. The topological polar surface area (TPSA) is 55.2 Å². The second kappa shape index (κ2) is 8.50. The Balaban J connectivity index is 1.70. The van der Waals surface area contributed by atoms with E-state index < -0.39 is 0 Å². The van der Waals surface area contributed by atoms with Crippen molar-refractivity contribution < 1.29 is 4.74 Å². The average molecular weight is 394 g/mol. The molecule has 144 valence electrons. The van der Waals surface area contributed by atoms with Crippen molar-refractivity contribution >= 4 is 17.3 Å². The van der Waals surface area contributed by atoms with Crippen LogP contribution in [0.5, 0.6) is 0 Å². The van der Waals surface area contributed by atoms with Gasteiger partial charge >= 0.3 is 0 Å². The van der Waals surface area contributed by atoms with Gasteiger partial charge in [0.1, 0.15) is 0 Å². The maximum atomic E-state index is 5.66. The fourth-order valence-electron chi connectivity index (χ4n) is 3.66. The van der Waals surface area contributed by atoms with Crippen molar-refractivity contribution in [2.45, 2.75) is 18.6 Å². The predicted molar refractivity (Wildman–Crippen MR) is 112 cm³/mol. The lowest BCUT2D eigenvalue weighted by atomic mass is 10.0. The summed E-state index contributed by atoms with van der Waals surface area (Å²) in [5.74, 6) is 0. The van der Waals surface area contributed by atoms with Crippen LogP contribution in [0.15, 0.2) is 67.1 Å². The van der Waals surface area contributed by atoms with Crippen LogP contribution in [-0.2, 0) is 11.3 Å².